The molecule has 53 heavy (non-hydrogen) atoms. The molecule has 0 N–H and O–H groups in total. The third-order valence-corrected chi connectivity index (χ3v) is 13.2. The predicted molar refractivity (Wildman–Crippen MR) is 234 cm³/mol. The van der Waals surface area contributed by atoms with Crippen LogP contribution < -0.4 is 0 Å². The van der Waals surface area contributed by atoms with Crippen LogP contribution in [0.2, 0.25) is 10.0 Å². The minimum absolute atomic E-state index is 0. The first-order valence-corrected chi connectivity index (χ1v) is 21.6. The summed E-state index contributed by atoms with van der Waals surface area (Å²) in [6, 6.07) is 25.6. The molecule has 1 unspecified atom stereocenters. The van der Waals surface area contributed by atoms with Crippen molar-refractivity contribution in [2.75, 3.05) is 0 Å². The monoisotopic (exact) mass is 856 g/mol. The molecule has 0 nitrogen and oxygen atoms in total. The van der Waals surface area contributed by atoms with E-state index >= 15 is 0 Å². The zero-order valence-electron chi connectivity index (χ0n) is 32.0. The van der Waals surface area contributed by atoms with Gasteiger partial charge < -0.3 is 0 Å². The minimum atomic E-state index is -0.623. The first-order valence-electron chi connectivity index (χ1n) is 18.0. The Bertz CT molecular complexity index is 2000. The molecule has 4 aromatic carbocycles. The zero-order chi connectivity index (χ0) is 36.6. The van der Waals surface area contributed by atoms with Crippen LogP contribution in [0.15, 0.2) is 96.6 Å². The van der Waals surface area contributed by atoms with E-state index in [1.165, 1.54) is 67.6 Å². The molecule has 0 heterocycles. The van der Waals surface area contributed by atoms with Crippen LogP contribution in [-0.2, 0) is 39.5 Å². The van der Waals surface area contributed by atoms with E-state index in [1.807, 2.05) is 24.3 Å². The molecule has 276 valence electrons. The van der Waals surface area contributed by atoms with E-state index in [1.54, 1.807) is 0 Å². The Morgan fingerprint density at radius 1 is 0.755 bits per heavy atom. The second kappa shape index (κ2) is 17.6. The molecule has 0 aromatic heterocycles. The summed E-state index contributed by atoms with van der Waals surface area (Å²) in [6.07, 6.45) is 20.4. The van der Waals surface area contributed by atoms with Crippen molar-refractivity contribution in [3.8, 4) is 11.1 Å². The van der Waals surface area contributed by atoms with Crippen LogP contribution >= 0.6 is 48.0 Å². The van der Waals surface area contributed by atoms with E-state index in [9.17, 15) is 0 Å². The van der Waals surface area contributed by atoms with Gasteiger partial charge >= 0.3 is 123 Å². The van der Waals surface area contributed by atoms with E-state index in [2.05, 4.69) is 154 Å². The van der Waals surface area contributed by atoms with E-state index in [4.69, 9.17) is 23.2 Å². The molecule has 0 bridgehead atoms. The van der Waals surface area contributed by atoms with Gasteiger partial charge in [0.2, 0.25) is 0 Å². The molecule has 0 amide bonds. The Labute approximate surface area is 351 Å². The maximum absolute atomic E-state index is 5.84. The van der Waals surface area contributed by atoms with Crippen molar-refractivity contribution in [3.05, 3.63) is 163 Å². The molecule has 0 fully saturated rings. The van der Waals surface area contributed by atoms with Crippen LogP contribution in [0.5, 0.6) is 0 Å². The van der Waals surface area contributed by atoms with Crippen LogP contribution in [0.25, 0.3) is 23.3 Å². The fourth-order valence-electron chi connectivity index (χ4n) is 6.97. The molecular weight excluding hydrogens is 810 g/mol. The summed E-state index contributed by atoms with van der Waals surface area (Å²) in [5, 5.41) is 1.57. The quantitative estimate of drug-likeness (QED) is 0.159. The predicted octanol–water partition coefficient (Wildman–Crippen LogP) is 13.9. The van der Waals surface area contributed by atoms with Crippen molar-refractivity contribution >= 4 is 67.6 Å². The third-order valence-electron chi connectivity index (χ3n) is 10.2. The third kappa shape index (κ3) is 10.3. The first-order chi connectivity index (χ1) is 24.1. The van der Waals surface area contributed by atoms with E-state index in [0.29, 0.717) is 11.3 Å². The van der Waals surface area contributed by atoms with Gasteiger partial charge in [-0.05, 0) is 45.9 Å². The summed E-state index contributed by atoms with van der Waals surface area (Å²) >= 11 is 11.0. The van der Waals surface area contributed by atoms with Crippen molar-refractivity contribution in [3.63, 3.8) is 0 Å². The maximum atomic E-state index is 5.84. The van der Waals surface area contributed by atoms with Crippen LogP contribution in [0.4, 0.5) is 0 Å². The average Bonchev–Trinajstić information content (AvgIpc) is 3.86. The SMILES string of the molecule is CC1(C)[C-]=Cc2cc3c(cc21)Cc1cc2c(cc1-3)C=CC2(C)C.CCC1[C-]=CC(C(C)(C)C)=C1.Cl.Cl.Clc1ccc([CH]=[Zr]=[CH]c2ccc(Cl)cc2)cc1. The summed E-state index contributed by atoms with van der Waals surface area (Å²) in [6.45, 7) is 18.1. The number of allylic oxidation sites excluding steroid dienone is 6. The molecule has 0 saturated heterocycles. The van der Waals surface area contributed by atoms with Gasteiger partial charge in [-0.25, -0.2) is 12.2 Å². The van der Waals surface area contributed by atoms with Gasteiger partial charge in [0.05, 0.1) is 0 Å². The second-order valence-electron chi connectivity index (χ2n) is 16.1. The van der Waals surface area contributed by atoms with Crippen LogP contribution in [-0.4, -0.2) is 7.42 Å². The Morgan fingerprint density at radius 3 is 1.77 bits per heavy atom. The topological polar surface area (TPSA) is 0 Å². The van der Waals surface area contributed by atoms with Crippen molar-refractivity contribution in [2.24, 2.45) is 11.3 Å². The van der Waals surface area contributed by atoms with Crippen LogP contribution in [0.1, 0.15) is 106 Å². The van der Waals surface area contributed by atoms with Gasteiger partial charge in [0.1, 0.15) is 0 Å². The molecule has 8 rings (SSSR count). The van der Waals surface area contributed by atoms with Gasteiger partial charge in [0.15, 0.2) is 0 Å². The number of fused-ring (bicyclic) bond motifs is 5. The zero-order valence-corrected chi connectivity index (χ0v) is 37.6. The fourth-order valence-corrected chi connectivity index (χ4v) is 9.32. The average molecular weight is 860 g/mol. The summed E-state index contributed by atoms with van der Waals surface area (Å²) in [4.78, 5) is 0. The molecule has 0 radical (unpaired) electrons. The van der Waals surface area contributed by atoms with E-state index in [0.717, 1.165) is 16.5 Å². The van der Waals surface area contributed by atoms with Gasteiger partial charge in [0.25, 0.3) is 0 Å². The Hall–Kier alpha value is -2.38. The molecular formula is C48H50Cl4Zr-2. The number of benzene rings is 4. The van der Waals surface area contributed by atoms with Crippen molar-refractivity contribution in [1.82, 2.24) is 0 Å². The Morgan fingerprint density at radius 2 is 1.28 bits per heavy atom. The van der Waals surface area contributed by atoms with Gasteiger partial charge in [-0.15, -0.1) is 36.4 Å². The van der Waals surface area contributed by atoms with E-state index in [-0.39, 0.29) is 35.6 Å². The molecule has 1 atom stereocenters. The van der Waals surface area contributed by atoms with Gasteiger partial charge in [0, 0.05) is 5.41 Å². The molecule has 0 aliphatic heterocycles. The van der Waals surface area contributed by atoms with Gasteiger partial charge in [-0.1, -0.05) is 103 Å². The number of halogens is 4. The number of hydrogen-bond acceptors (Lipinski definition) is 0. The van der Waals surface area contributed by atoms with Gasteiger partial charge in [-0.2, -0.15) is 17.2 Å². The van der Waals surface area contributed by atoms with Crippen LogP contribution in [0, 0.1) is 23.5 Å². The molecule has 0 saturated carbocycles. The van der Waals surface area contributed by atoms with Crippen molar-refractivity contribution < 1.29 is 22.3 Å². The summed E-state index contributed by atoms with van der Waals surface area (Å²) in [5.74, 6) is 0.573. The van der Waals surface area contributed by atoms with Crippen molar-refractivity contribution in [2.45, 2.75) is 79.1 Å². The first kappa shape index (κ1) is 43.4. The summed E-state index contributed by atoms with van der Waals surface area (Å²) < 4.78 is 4.66. The Balaban J connectivity index is 0.000000186. The Kier molecular flexibility index (Phi) is 14.4. The van der Waals surface area contributed by atoms with E-state index < -0.39 is 22.3 Å². The summed E-state index contributed by atoms with van der Waals surface area (Å²) in [5.41, 5.74) is 15.9. The number of hydrogen-bond donors (Lipinski definition) is 0. The van der Waals surface area contributed by atoms with Gasteiger partial charge in [-0.3, -0.25) is 12.2 Å². The normalized spacial score (nSPS) is 16.9. The molecule has 4 aromatic rings. The number of rotatable bonds is 3. The molecule has 4 aliphatic rings. The standard InChI is InChI=1S/C23H21.C11H17.2C7H5Cl.2ClH.Zr/c1-22(2)7-5-14-10-18-16(12-20(14)22)9-17-13-21-15(11-19(17)18)6-8-23(21,3)4;1-5-9-6-7-10(8-9)11(2,3)4;2*1-6-2-4-7(8)5-3-6;;;/h5-7,10-13H,9H2,1-4H3;7-9H,5H2,1-4H3;2*1-5H;2*1H;/q2*-1;;;;;. The van der Waals surface area contributed by atoms with Crippen LogP contribution in [0.3, 0.4) is 0 Å². The molecule has 0 spiro atoms. The second-order valence-corrected chi connectivity index (χ2v) is 19.2. The molecule has 5 heteroatoms. The van der Waals surface area contributed by atoms with Crippen molar-refractivity contribution in [1.29, 1.82) is 0 Å². The molecule has 4 aliphatic carbocycles. The fraction of sp³-hybridized carbons (Fsp3) is 0.292. The summed E-state index contributed by atoms with van der Waals surface area (Å²) in [7, 11) is 0.